The molecule has 0 aromatic carbocycles. The second kappa shape index (κ2) is 3.17. The molecule has 68 valence electrons. The van der Waals surface area contributed by atoms with Crippen LogP contribution in [-0.2, 0) is 0 Å². The van der Waals surface area contributed by atoms with Crippen LogP contribution in [0, 0.1) is 5.41 Å². The summed E-state index contributed by atoms with van der Waals surface area (Å²) in [6, 6.07) is 0. The van der Waals surface area contributed by atoms with E-state index in [1.54, 1.807) is 0 Å². The highest BCUT2D eigenvalue weighted by atomic mass is 32.2. The van der Waals surface area contributed by atoms with Gasteiger partial charge in [-0.1, -0.05) is 32.7 Å². The Morgan fingerprint density at radius 1 is 1.50 bits per heavy atom. The fourth-order valence-electron chi connectivity index (χ4n) is 1.10. The van der Waals surface area contributed by atoms with E-state index < -0.39 is 0 Å². The largest absolute Gasteiger partial charge is 0.251 e. The van der Waals surface area contributed by atoms with Crippen molar-refractivity contribution in [2.75, 3.05) is 6.26 Å². The average Bonchev–Trinajstić information content (AvgIpc) is 2.30. The summed E-state index contributed by atoms with van der Waals surface area (Å²) >= 11 is 0. The minimum Gasteiger partial charge on any atom is -0.251 e. The zero-order valence-electron chi connectivity index (χ0n) is 8.35. The first kappa shape index (κ1) is 9.72. The van der Waals surface area contributed by atoms with Crippen molar-refractivity contribution in [2.45, 2.75) is 27.2 Å². The molecule has 1 heterocycles. The Morgan fingerprint density at radius 2 is 2.08 bits per heavy atom. The predicted octanol–water partition coefficient (Wildman–Crippen LogP) is 3.05. The minimum absolute atomic E-state index is 0.102. The number of hydrogen-bond acceptors (Lipinski definition) is 1. The van der Waals surface area contributed by atoms with E-state index in [2.05, 4.69) is 44.0 Å². The first-order valence-corrected chi connectivity index (χ1v) is 5.95. The van der Waals surface area contributed by atoms with Gasteiger partial charge in [0.15, 0.2) is 0 Å². The third kappa shape index (κ3) is 2.07. The molecule has 1 atom stereocenters. The van der Waals surface area contributed by atoms with E-state index in [4.69, 9.17) is 0 Å². The summed E-state index contributed by atoms with van der Waals surface area (Å²) in [5.74, 6) is 4.00. The Hall–Kier alpha value is -0.370. The minimum atomic E-state index is 0.102. The fourth-order valence-corrected chi connectivity index (χ4v) is 1.73. The summed E-state index contributed by atoms with van der Waals surface area (Å²) in [5.41, 5.74) is 1.42. The van der Waals surface area contributed by atoms with Crippen LogP contribution in [0.2, 0.25) is 0 Å². The molecule has 1 nitrogen and oxygen atoms in total. The lowest BCUT2D eigenvalue weighted by molar-refractivity contribution is 0.500. The maximum atomic E-state index is 4.59. The molecule has 0 N–H and O–H groups in total. The normalized spacial score (nSPS) is 20.3. The van der Waals surface area contributed by atoms with Crippen molar-refractivity contribution in [3.63, 3.8) is 0 Å². The van der Waals surface area contributed by atoms with Crippen molar-refractivity contribution in [1.82, 2.24) is 0 Å². The van der Waals surface area contributed by atoms with Gasteiger partial charge < -0.3 is 0 Å². The smallest absolute Gasteiger partial charge is 0.0711 e. The highest BCUT2D eigenvalue weighted by Gasteiger charge is 2.20. The van der Waals surface area contributed by atoms with Crippen molar-refractivity contribution in [3.8, 4) is 0 Å². The molecule has 0 spiro atoms. The lowest BCUT2D eigenvalue weighted by atomic mass is 9.92. The van der Waals surface area contributed by atoms with Crippen molar-refractivity contribution in [3.05, 3.63) is 11.8 Å². The quantitative estimate of drug-likeness (QED) is 0.512. The van der Waals surface area contributed by atoms with Gasteiger partial charge in [0.2, 0.25) is 0 Å². The highest BCUT2D eigenvalue weighted by molar-refractivity contribution is 8.26. The van der Waals surface area contributed by atoms with E-state index in [1.165, 1.54) is 10.7 Å². The molecule has 1 aliphatic rings. The van der Waals surface area contributed by atoms with Gasteiger partial charge in [0.1, 0.15) is 0 Å². The van der Waals surface area contributed by atoms with Crippen LogP contribution in [0.3, 0.4) is 0 Å². The van der Waals surface area contributed by atoms with Gasteiger partial charge >= 0.3 is 0 Å². The molecule has 12 heavy (non-hydrogen) atoms. The Bertz CT molecular complexity index is 266. The van der Waals surface area contributed by atoms with Gasteiger partial charge in [-0.15, -0.1) is 0 Å². The van der Waals surface area contributed by atoms with Gasteiger partial charge in [-0.05, 0) is 6.26 Å². The molecule has 0 amide bonds. The van der Waals surface area contributed by atoms with Crippen LogP contribution in [0.4, 0.5) is 0 Å². The summed E-state index contributed by atoms with van der Waals surface area (Å²) in [4.78, 5) is 4.59. The van der Waals surface area contributed by atoms with E-state index in [0.29, 0.717) is 0 Å². The summed E-state index contributed by atoms with van der Waals surface area (Å²) in [6.45, 7) is 6.59. The standard InChI is InChI=1S/C10H17NS/c1-10(2,3)8-6-7-9(11-8)12(4)5/h6H,4,7H2,1-3,5H3. The first-order chi connectivity index (χ1) is 5.41. The monoisotopic (exact) mass is 183 g/mol. The SMILES string of the molecule is C=S(C)C1=NC(C(C)(C)C)=CC1. The lowest BCUT2D eigenvalue weighted by Gasteiger charge is -2.16. The van der Waals surface area contributed by atoms with Gasteiger partial charge in [0.05, 0.1) is 5.04 Å². The predicted molar refractivity (Wildman–Crippen MR) is 60.2 cm³/mol. The summed E-state index contributed by atoms with van der Waals surface area (Å²) in [6.07, 6.45) is 5.36. The number of allylic oxidation sites excluding steroid dienone is 2. The van der Waals surface area contributed by atoms with Gasteiger partial charge in [-0.2, -0.15) is 10.5 Å². The third-order valence-electron chi connectivity index (χ3n) is 1.89. The first-order valence-electron chi connectivity index (χ1n) is 4.15. The maximum absolute atomic E-state index is 4.59. The number of rotatable bonds is 0. The molecule has 1 aliphatic heterocycles. The van der Waals surface area contributed by atoms with Crippen molar-refractivity contribution in [2.24, 2.45) is 10.4 Å². The number of aliphatic imine (C=N–C) groups is 1. The molecule has 0 aromatic rings. The van der Waals surface area contributed by atoms with Gasteiger partial charge in [-0.25, -0.2) is 0 Å². The Balaban J connectivity index is 2.82. The van der Waals surface area contributed by atoms with Crippen molar-refractivity contribution in [1.29, 1.82) is 0 Å². The van der Waals surface area contributed by atoms with Crippen LogP contribution in [0.25, 0.3) is 0 Å². The Labute approximate surface area is 77.5 Å². The zero-order valence-corrected chi connectivity index (χ0v) is 9.16. The Kier molecular flexibility index (Phi) is 2.57. The van der Waals surface area contributed by atoms with Gasteiger partial charge in [0.25, 0.3) is 0 Å². The fraction of sp³-hybridized carbons (Fsp3) is 0.600. The molecule has 0 aliphatic carbocycles. The van der Waals surface area contributed by atoms with E-state index in [1.807, 2.05) is 0 Å². The van der Waals surface area contributed by atoms with E-state index in [-0.39, 0.29) is 15.9 Å². The molecule has 1 rings (SSSR count). The summed E-state index contributed by atoms with van der Waals surface area (Å²) in [7, 11) is 0.102. The summed E-state index contributed by atoms with van der Waals surface area (Å²) < 4.78 is 0. The van der Waals surface area contributed by atoms with Crippen LogP contribution in [-0.4, -0.2) is 17.2 Å². The van der Waals surface area contributed by atoms with E-state index in [0.717, 1.165) is 6.42 Å². The molecule has 0 radical (unpaired) electrons. The van der Waals surface area contributed by atoms with Crippen LogP contribution in [0.5, 0.6) is 0 Å². The van der Waals surface area contributed by atoms with Gasteiger partial charge in [0, 0.05) is 17.5 Å². The molecular weight excluding hydrogens is 166 g/mol. The van der Waals surface area contributed by atoms with E-state index in [9.17, 15) is 0 Å². The number of hydrogen-bond donors (Lipinski definition) is 0. The second-order valence-corrected chi connectivity index (χ2v) is 5.93. The topological polar surface area (TPSA) is 12.4 Å². The molecule has 0 saturated carbocycles. The lowest BCUT2D eigenvalue weighted by Crippen LogP contribution is -2.06. The highest BCUT2D eigenvalue weighted by Crippen LogP contribution is 2.32. The zero-order chi connectivity index (χ0) is 9.35. The molecule has 0 bridgehead atoms. The molecule has 1 unspecified atom stereocenters. The molecular formula is C10H17NS. The van der Waals surface area contributed by atoms with E-state index >= 15 is 0 Å². The molecule has 0 saturated heterocycles. The van der Waals surface area contributed by atoms with Crippen LogP contribution in [0.1, 0.15) is 27.2 Å². The van der Waals surface area contributed by atoms with Crippen LogP contribution >= 0.6 is 10.5 Å². The van der Waals surface area contributed by atoms with Crippen LogP contribution in [0.15, 0.2) is 16.8 Å². The van der Waals surface area contributed by atoms with Crippen LogP contribution < -0.4 is 0 Å². The van der Waals surface area contributed by atoms with Crippen molar-refractivity contribution < 1.29 is 0 Å². The third-order valence-corrected chi connectivity index (χ3v) is 2.95. The molecule has 0 aromatic heterocycles. The van der Waals surface area contributed by atoms with Crippen molar-refractivity contribution >= 4 is 21.4 Å². The average molecular weight is 183 g/mol. The second-order valence-electron chi connectivity index (χ2n) is 4.19. The molecule has 0 fully saturated rings. The molecule has 2 heteroatoms. The Morgan fingerprint density at radius 3 is 2.33 bits per heavy atom. The van der Waals surface area contributed by atoms with Gasteiger partial charge in [-0.3, -0.25) is 4.99 Å². The summed E-state index contributed by atoms with van der Waals surface area (Å²) in [5, 5.41) is 1.25. The maximum Gasteiger partial charge on any atom is 0.0711 e. The number of nitrogens with zero attached hydrogens (tertiary/aromatic N) is 1.